The zero-order valence-electron chi connectivity index (χ0n) is 13.3. The summed E-state index contributed by atoms with van der Waals surface area (Å²) >= 11 is 0. The highest BCUT2D eigenvalue weighted by atomic mass is 32.2. The van der Waals surface area contributed by atoms with Gasteiger partial charge in [-0.1, -0.05) is 6.92 Å². The quantitative estimate of drug-likeness (QED) is 0.830. The van der Waals surface area contributed by atoms with Crippen LogP contribution in [0.4, 0.5) is 0 Å². The number of benzene rings is 1. The number of nitriles is 1. The van der Waals surface area contributed by atoms with E-state index in [9.17, 15) is 13.2 Å². The molecule has 1 saturated carbocycles. The van der Waals surface area contributed by atoms with Gasteiger partial charge in [-0.2, -0.15) is 5.26 Å². The van der Waals surface area contributed by atoms with Crippen LogP contribution in [0.25, 0.3) is 0 Å². The lowest BCUT2D eigenvalue weighted by Crippen LogP contribution is -2.52. The predicted molar refractivity (Wildman–Crippen MR) is 86.2 cm³/mol. The lowest BCUT2D eigenvalue weighted by Gasteiger charge is -2.35. The summed E-state index contributed by atoms with van der Waals surface area (Å²) in [5, 5.41) is 11.9. The van der Waals surface area contributed by atoms with Crippen molar-refractivity contribution in [3.05, 3.63) is 29.8 Å². The Morgan fingerprint density at radius 1 is 1.35 bits per heavy atom. The molecule has 0 radical (unpaired) electrons. The lowest BCUT2D eigenvalue weighted by molar-refractivity contribution is 0.0881. The minimum Gasteiger partial charge on any atom is -0.334 e. The molecule has 6 nitrogen and oxygen atoms in total. The van der Waals surface area contributed by atoms with Gasteiger partial charge in [-0.05, 0) is 56.9 Å². The Balaban J connectivity index is 2.10. The molecule has 2 N–H and O–H groups in total. The fraction of sp³-hybridized carbons (Fsp3) is 0.500. The molecule has 0 bridgehead atoms. The monoisotopic (exact) mass is 335 g/mol. The van der Waals surface area contributed by atoms with E-state index in [1.165, 1.54) is 24.3 Å². The Hall–Kier alpha value is -1.91. The summed E-state index contributed by atoms with van der Waals surface area (Å²) < 4.78 is 26.9. The Bertz CT molecular complexity index is 716. The third kappa shape index (κ3) is 3.89. The van der Waals surface area contributed by atoms with E-state index in [4.69, 9.17) is 5.26 Å². The summed E-state index contributed by atoms with van der Waals surface area (Å²) in [6.07, 6.45) is 2.92. The van der Waals surface area contributed by atoms with Gasteiger partial charge in [0.05, 0.1) is 11.0 Å². The second-order valence-corrected chi connectivity index (χ2v) is 7.67. The van der Waals surface area contributed by atoms with Crippen LogP contribution in [-0.2, 0) is 10.0 Å². The van der Waals surface area contributed by atoms with E-state index in [1.807, 2.05) is 6.92 Å². The van der Waals surface area contributed by atoms with E-state index >= 15 is 0 Å². The molecule has 0 unspecified atom stereocenters. The van der Waals surface area contributed by atoms with Crippen LogP contribution in [0.3, 0.4) is 0 Å². The Labute approximate surface area is 136 Å². The van der Waals surface area contributed by atoms with Crippen molar-refractivity contribution < 1.29 is 13.2 Å². The first-order chi connectivity index (χ1) is 10.8. The van der Waals surface area contributed by atoms with Gasteiger partial charge in [0.1, 0.15) is 5.54 Å². The number of carbonyl (C=O) groups excluding carboxylic acids is 1. The van der Waals surface area contributed by atoms with Crippen molar-refractivity contribution in [1.29, 1.82) is 5.26 Å². The van der Waals surface area contributed by atoms with Crippen LogP contribution in [-0.4, -0.2) is 25.9 Å². The zero-order valence-corrected chi connectivity index (χ0v) is 14.1. The van der Waals surface area contributed by atoms with Gasteiger partial charge in [0.25, 0.3) is 5.91 Å². The average Bonchev–Trinajstić information content (AvgIpc) is 2.50. The smallest absolute Gasteiger partial charge is 0.252 e. The van der Waals surface area contributed by atoms with E-state index in [1.54, 1.807) is 6.92 Å². The second kappa shape index (κ2) is 6.69. The van der Waals surface area contributed by atoms with Gasteiger partial charge >= 0.3 is 0 Å². The number of nitrogens with one attached hydrogen (secondary N) is 2. The van der Waals surface area contributed by atoms with Crippen LogP contribution < -0.4 is 10.0 Å². The van der Waals surface area contributed by atoms with E-state index in [2.05, 4.69) is 16.1 Å². The van der Waals surface area contributed by atoms with Crippen molar-refractivity contribution in [3.63, 3.8) is 0 Å². The minimum absolute atomic E-state index is 0.119. The van der Waals surface area contributed by atoms with Crippen LogP contribution in [0.5, 0.6) is 0 Å². The van der Waals surface area contributed by atoms with Crippen molar-refractivity contribution in [2.45, 2.75) is 56.0 Å². The molecular formula is C16H21N3O3S. The maximum absolute atomic E-state index is 12.2. The molecule has 1 aromatic rings. The summed E-state index contributed by atoms with van der Waals surface area (Å²) in [6.45, 7) is 3.69. The highest BCUT2D eigenvalue weighted by Gasteiger charge is 2.38. The van der Waals surface area contributed by atoms with Crippen molar-refractivity contribution in [3.8, 4) is 6.07 Å². The van der Waals surface area contributed by atoms with Gasteiger partial charge in [-0.15, -0.1) is 0 Å². The number of hydrogen-bond acceptors (Lipinski definition) is 4. The van der Waals surface area contributed by atoms with E-state index in [0.29, 0.717) is 24.8 Å². The summed E-state index contributed by atoms with van der Waals surface area (Å²) in [7, 11) is -3.58. The molecule has 0 aliphatic heterocycles. The number of sulfonamides is 1. The molecule has 1 aromatic carbocycles. The molecule has 0 heterocycles. The molecule has 23 heavy (non-hydrogen) atoms. The molecular weight excluding hydrogens is 314 g/mol. The molecule has 7 heteroatoms. The van der Waals surface area contributed by atoms with Crippen LogP contribution in [0.2, 0.25) is 0 Å². The molecule has 0 aromatic heterocycles. The molecule has 124 valence electrons. The second-order valence-electron chi connectivity index (χ2n) is 5.96. The number of rotatable bonds is 6. The first-order valence-electron chi connectivity index (χ1n) is 7.68. The third-order valence-corrected chi connectivity index (χ3v) is 5.77. The van der Waals surface area contributed by atoms with Gasteiger partial charge in [0.15, 0.2) is 0 Å². The topological polar surface area (TPSA) is 99.1 Å². The van der Waals surface area contributed by atoms with Crippen molar-refractivity contribution >= 4 is 15.9 Å². The molecule has 1 aliphatic carbocycles. The van der Waals surface area contributed by atoms with Crippen LogP contribution >= 0.6 is 0 Å². The van der Waals surface area contributed by atoms with Crippen LogP contribution in [0, 0.1) is 11.3 Å². The number of amides is 1. The molecule has 1 fully saturated rings. The normalized spacial score (nSPS) is 17.6. The summed E-state index contributed by atoms with van der Waals surface area (Å²) in [4.78, 5) is 12.3. The molecule has 0 spiro atoms. The molecule has 0 saturated heterocycles. The largest absolute Gasteiger partial charge is 0.334 e. The van der Waals surface area contributed by atoms with Crippen molar-refractivity contribution in [2.75, 3.05) is 0 Å². The first kappa shape index (κ1) is 17.4. The molecule has 1 amide bonds. The minimum atomic E-state index is -3.58. The Kier molecular flexibility index (Phi) is 5.07. The average molecular weight is 335 g/mol. The standard InChI is InChI=1S/C16H21N3O3S/c1-3-12(2)19-23(21,22)14-7-5-13(6-8-14)15(20)18-16(11-17)9-4-10-16/h5-8,12,19H,3-4,9-10H2,1-2H3,(H,18,20)/t12-/m0/s1. The van der Waals surface area contributed by atoms with Crippen molar-refractivity contribution in [1.82, 2.24) is 10.0 Å². The summed E-state index contributed by atoms with van der Waals surface area (Å²) in [5.74, 6) is -0.356. The third-order valence-electron chi connectivity index (χ3n) is 4.17. The number of nitrogens with zero attached hydrogens (tertiary/aromatic N) is 1. The van der Waals surface area contributed by atoms with Crippen molar-refractivity contribution in [2.24, 2.45) is 0 Å². The zero-order chi connectivity index (χ0) is 17.1. The first-order valence-corrected chi connectivity index (χ1v) is 9.16. The fourth-order valence-corrected chi connectivity index (χ4v) is 3.61. The number of carbonyl (C=O) groups is 1. The van der Waals surface area contributed by atoms with Gasteiger partial charge in [-0.3, -0.25) is 4.79 Å². The van der Waals surface area contributed by atoms with Gasteiger partial charge in [0, 0.05) is 11.6 Å². The SMILES string of the molecule is CC[C@H](C)NS(=O)(=O)c1ccc(C(=O)NC2(C#N)CCC2)cc1. The van der Waals surface area contributed by atoms with E-state index < -0.39 is 15.6 Å². The van der Waals surface area contributed by atoms with E-state index in [-0.39, 0.29) is 16.8 Å². The highest BCUT2D eigenvalue weighted by molar-refractivity contribution is 7.89. The summed E-state index contributed by atoms with van der Waals surface area (Å²) in [5.41, 5.74) is -0.422. The Morgan fingerprint density at radius 3 is 2.39 bits per heavy atom. The molecule has 2 rings (SSSR count). The van der Waals surface area contributed by atoms with Crippen LogP contribution in [0.15, 0.2) is 29.2 Å². The lowest BCUT2D eigenvalue weighted by atomic mass is 9.78. The van der Waals surface area contributed by atoms with E-state index in [0.717, 1.165) is 6.42 Å². The van der Waals surface area contributed by atoms with Crippen LogP contribution in [0.1, 0.15) is 49.9 Å². The fourth-order valence-electron chi connectivity index (χ4n) is 2.29. The molecule has 1 aliphatic rings. The van der Waals surface area contributed by atoms with Gasteiger partial charge in [0.2, 0.25) is 10.0 Å². The van der Waals surface area contributed by atoms with Gasteiger partial charge in [-0.25, -0.2) is 13.1 Å². The maximum Gasteiger partial charge on any atom is 0.252 e. The Morgan fingerprint density at radius 2 is 1.96 bits per heavy atom. The maximum atomic E-state index is 12.2. The highest BCUT2D eigenvalue weighted by Crippen LogP contribution is 2.31. The predicted octanol–water partition coefficient (Wildman–Crippen LogP) is 1.94. The summed E-state index contributed by atoms with van der Waals surface area (Å²) in [6, 6.07) is 7.72. The van der Waals surface area contributed by atoms with Gasteiger partial charge < -0.3 is 5.32 Å². The molecule has 1 atom stereocenters. The number of hydrogen-bond donors (Lipinski definition) is 2.